The molecule has 0 radical (unpaired) electrons. The van der Waals surface area contributed by atoms with Crippen molar-refractivity contribution in [3.63, 3.8) is 0 Å². The fourth-order valence-corrected chi connectivity index (χ4v) is 4.38. The number of halogens is 2. The highest BCUT2D eigenvalue weighted by Crippen LogP contribution is 2.23. The van der Waals surface area contributed by atoms with Crippen molar-refractivity contribution in [3.8, 4) is 5.75 Å². The minimum atomic E-state index is -4.11. The molecule has 0 saturated heterocycles. The SMILES string of the molecule is CCOc1ccc(S(=O)(=O)N(CC(=O)Nc2c(F)cccc2F)Cc2ccccc2)cc1. The number of carbonyl (C=O) groups excluding carboxylic acids is 1. The third kappa shape index (κ3) is 5.68. The molecule has 3 aromatic rings. The monoisotopic (exact) mass is 460 g/mol. The highest BCUT2D eigenvalue weighted by atomic mass is 32.2. The van der Waals surface area contributed by atoms with Crippen molar-refractivity contribution in [2.45, 2.75) is 18.4 Å². The second-order valence-electron chi connectivity index (χ2n) is 6.81. The Labute approximate surface area is 185 Å². The number of rotatable bonds is 9. The van der Waals surface area contributed by atoms with Gasteiger partial charge in [-0.3, -0.25) is 4.79 Å². The van der Waals surface area contributed by atoms with Crippen LogP contribution in [0.25, 0.3) is 0 Å². The number of anilines is 1. The van der Waals surface area contributed by atoms with Crippen LogP contribution in [0.5, 0.6) is 5.75 Å². The molecule has 0 saturated carbocycles. The van der Waals surface area contributed by atoms with E-state index in [0.717, 1.165) is 16.4 Å². The maximum absolute atomic E-state index is 13.9. The van der Waals surface area contributed by atoms with Crippen LogP contribution in [-0.4, -0.2) is 31.8 Å². The standard InChI is InChI=1S/C23H22F2N2O4S/c1-2-31-18-11-13-19(14-12-18)32(29,30)27(15-17-7-4-3-5-8-17)16-22(28)26-23-20(24)9-6-10-21(23)25/h3-14H,2,15-16H2,1H3,(H,26,28). The summed E-state index contributed by atoms with van der Waals surface area (Å²) < 4.78 is 60.7. The molecule has 0 aromatic heterocycles. The lowest BCUT2D eigenvalue weighted by atomic mass is 10.2. The fourth-order valence-electron chi connectivity index (χ4n) is 2.99. The van der Waals surface area contributed by atoms with E-state index < -0.39 is 39.8 Å². The maximum Gasteiger partial charge on any atom is 0.243 e. The first-order valence-corrected chi connectivity index (χ1v) is 11.3. The molecular formula is C23H22F2N2O4S. The summed E-state index contributed by atoms with van der Waals surface area (Å²) in [6, 6.07) is 17.7. The number of nitrogens with one attached hydrogen (secondary N) is 1. The highest BCUT2D eigenvalue weighted by molar-refractivity contribution is 7.89. The Morgan fingerprint density at radius 2 is 1.56 bits per heavy atom. The number of ether oxygens (including phenoxy) is 1. The lowest BCUT2D eigenvalue weighted by Gasteiger charge is -2.22. The number of carbonyl (C=O) groups is 1. The van der Waals surface area contributed by atoms with E-state index in [0.29, 0.717) is 17.9 Å². The van der Waals surface area contributed by atoms with Gasteiger partial charge in [0.15, 0.2) is 0 Å². The predicted octanol–water partition coefficient (Wildman–Crippen LogP) is 4.19. The van der Waals surface area contributed by atoms with E-state index >= 15 is 0 Å². The average molecular weight is 461 g/mol. The van der Waals surface area contributed by atoms with Gasteiger partial charge in [-0.1, -0.05) is 36.4 Å². The van der Waals surface area contributed by atoms with E-state index in [1.165, 1.54) is 30.3 Å². The van der Waals surface area contributed by atoms with Crippen LogP contribution in [0.3, 0.4) is 0 Å². The molecule has 0 aliphatic heterocycles. The molecule has 9 heteroatoms. The summed E-state index contributed by atoms with van der Waals surface area (Å²) in [7, 11) is -4.11. The highest BCUT2D eigenvalue weighted by Gasteiger charge is 2.27. The Bertz CT molecular complexity index is 1150. The summed E-state index contributed by atoms with van der Waals surface area (Å²) in [4.78, 5) is 12.5. The van der Waals surface area contributed by atoms with Gasteiger partial charge in [0, 0.05) is 6.54 Å². The van der Waals surface area contributed by atoms with Gasteiger partial charge in [0.2, 0.25) is 15.9 Å². The van der Waals surface area contributed by atoms with E-state index in [1.54, 1.807) is 30.3 Å². The summed E-state index contributed by atoms with van der Waals surface area (Å²) in [6.45, 7) is 1.49. The van der Waals surface area contributed by atoms with E-state index in [9.17, 15) is 22.0 Å². The molecule has 0 aliphatic carbocycles. The van der Waals surface area contributed by atoms with Gasteiger partial charge in [-0.05, 0) is 48.9 Å². The minimum Gasteiger partial charge on any atom is -0.494 e. The molecule has 0 spiro atoms. The van der Waals surface area contributed by atoms with Gasteiger partial charge >= 0.3 is 0 Å². The smallest absolute Gasteiger partial charge is 0.243 e. The van der Waals surface area contributed by atoms with Gasteiger partial charge in [0.1, 0.15) is 23.1 Å². The molecule has 0 heterocycles. The molecule has 6 nitrogen and oxygen atoms in total. The van der Waals surface area contributed by atoms with Crippen LogP contribution < -0.4 is 10.1 Å². The third-order valence-corrected chi connectivity index (χ3v) is 6.33. The Morgan fingerprint density at radius 1 is 0.938 bits per heavy atom. The van der Waals surface area contributed by atoms with Crippen molar-refractivity contribution in [1.82, 2.24) is 4.31 Å². The molecule has 1 N–H and O–H groups in total. The van der Waals surface area contributed by atoms with Crippen molar-refractivity contribution in [2.24, 2.45) is 0 Å². The molecular weight excluding hydrogens is 438 g/mol. The minimum absolute atomic E-state index is 0.0400. The van der Waals surface area contributed by atoms with Crippen LogP contribution in [0.1, 0.15) is 12.5 Å². The largest absolute Gasteiger partial charge is 0.494 e. The molecule has 0 unspecified atom stereocenters. The van der Waals surface area contributed by atoms with Crippen molar-refractivity contribution in [1.29, 1.82) is 0 Å². The van der Waals surface area contributed by atoms with Gasteiger partial charge in [-0.25, -0.2) is 17.2 Å². The number of hydrogen-bond donors (Lipinski definition) is 1. The Morgan fingerprint density at radius 3 is 2.16 bits per heavy atom. The second kappa shape index (κ2) is 10.3. The van der Waals surface area contributed by atoms with Crippen molar-refractivity contribution in [2.75, 3.05) is 18.5 Å². The van der Waals surface area contributed by atoms with E-state index in [-0.39, 0.29) is 11.4 Å². The Balaban J connectivity index is 1.88. The molecule has 168 valence electrons. The van der Waals surface area contributed by atoms with Crippen LogP contribution in [0.15, 0.2) is 77.7 Å². The number of benzene rings is 3. The number of amides is 1. The molecule has 3 rings (SSSR count). The first-order chi connectivity index (χ1) is 15.3. The molecule has 0 atom stereocenters. The second-order valence-corrected chi connectivity index (χ2v) is 8.75. The van der Waals surface area contributed by atoms with E-state index in [4.69, 9.17) is 4.74 Å². The topological polar surface area (TPSA) is 75.7 Å². The Kier molecular flexibility index (Phi) is 7.55. The fraction of sp³-hybridized carbons (Fsp3) is 0.174. The predicted molar refractivity (Wildman–Crippen MR) is 117 cm³/mol. The lowest BCUT2D eigenvalue weighted by Crippen LogP contribution is -2.37. The van der Waals surface area contributed by atoms with E-state index in [2.05, 4.69) is 5.32 Å². The number of hydrogen-bond acceptors (Lipinski definition) is 4. The zero-order chi connectivity index (χ0) is 23.1. The van der Waals surface area contributed by atoms with Crippen LogP contribution >= 0.6 is 0 Å². The molecule has 1 amide bonds. The summed E-state index contributed by atoms with van der Waals surface area (Å²) in [6.07, 6.45) is 0. The quantitative estimate of drug-likeness (QED) is 0.520. The zero-order valence-electron chi connectivity index (χ0n) is 17.3. The van der Waals surface area contributed by atoms with Gasteiger partial charge in [0.05, 0.1) is 18.0 Å². The molecule has 3 aromatic carbocycles. The number of sulfonamides is 1. The van der Waals surface area contributed by atoms with Crippen LogP contribution in [-0.2, 0) is 21.4 Å². The van der Waals surface area contributed by atoms with Gasteiger partial charge in [-0.15, -0.1) is 0 Å². The Hall–Kier alpha value is -3.30. The van der Waals surface area contributed by atoms with Crippen LogP contribution in [0, 0.1) is 11.6 Å². The molecule has 0 bridgehead atoms. The number of para-hydroxylation sites is 1. The van der Waals surface area contributed by atoms with Crippen LogP contribution in [0.2, 0.25) is 0 Å². The van der Waals surface area contributed by atoms with Gasteiger partial charge in [0.25, 0.3) is 0 Å². The molecule has 0 aliphatic rings. The van der Waals surface area contributed by atoms with Crippen molar-refractivity contribution >= 4 is 21.6 Å². The van der Waals surface area contributed by atoms with Gasteiger partial charge < -0.3 is 10.1 Å². The normalized spacial score (nSPS) is 11.4. The first-order valence-electron chi connectivity index (χ1n) is 9.82. The summed E-state index contributed by atoms with van der Waals surface area (Å²) in [5, 5.41) is 2.13. The number of nitrogens with zero attached hydrogens (tertiary/aromatic N) is 1. The zero-order valence-corrected chi connectivity index (χ0v) is 18.1. The average Bonchev–Trinajstić information content (AvgIpc) is 2.77. The van der Waals surface area contributed by atoms with Gasteiger partial charge in [-0.2, -0.15) is 4.31 Å². The van der Waals surface area contributed by atoms with Crippen molar-refractivity contribution in [3.05, 3.63) is 90.0 Å². The molecule has 0 fully saturated rings. The summed E-state index contributed by atoms with van der Waals surface area (Å²) >= 11 is 0. The first kappa shape index (κ1) is 23.4. The summed E-state index contributed by atoms with van der Waals surface area (Å²) in [5.41, 5.74) is 0.0162. The van der Waals surface area contributed by atoms with Crippen LogP contribution in [0.4, 0.5) is 14.5 Å². The molecule has 32 heavy (non-hydrogen) atoms. The lowest BCUT2D eigenvalue weighted by molar-refractivity contribution is -0.116. The maximum atomic E-state index is 13.9. The van der Waals surface area contributed by atoms with E-state index in [1.807, 2.05) is 6.92 Å². The third-order valence-electron chi connectivity index (χ3n) is 4.52. The summed E-state index contributed by atoms with van der Waals surface area (Å²) in [5.74, 6) is -2.28. The van der Waals surface area contributed by atoms with Crippen molar-refractivity contribution < 1.29 is 26.7 Å².